The number of amides is 3. The van der Waals surface area contributed by atoms with E-state index in [0.29, 0.717) is 16.8 Å². The lowest BCUT2D eigenvalue weighted by Gasteiger charge is -2.14. The van der Waals surface area contributed by atoms with Crippen molar-refractivity contribution in [3.8, 4) is 0 Å². The second-order valence-electron chi connectivity index (χ2n) is 7.94. The third-order valence-corrected chi connectivity index (χ3v) is 5.64. The summed E-state index contributed by atoms with van der Waals surface area (Å²) in [5.74, 6) is -2.35. The highest BCUT2D eigenvalue weighted by atomic mass is 16.6. The summed E-state index contributed by atoms with van der Waals surface area (Å²) >= 11 is 0. The summed E-state index contributed by atoms with van der Waals surface area (Å²) in [6.45, 7) is 3.30. The number of aryl methyl sites for hydroxylation is 2. The standard InChI is InChI=1S/C25H19N3O6/c1-14-6-7-17(10-15(14)2)23(30)16-4-3-5-18(11-16)26-22(29)13-27-24(31)20-9-8-19(28(33)34)12-21(20)25(27)32/h3-12H,13H2,1-2H3,(H,26,29). The summed E-state index contributed by atoms with van der Waals surface area (Å²) in [6.07, 6.45) is 0. The van der Waals surface area contributed by atoms with Gasteiger partial charge in [-0.25, -0.2) is 0 Å². The van der Waals surface area contributed by atoms with Crippen LogP contribution in [-0.2, 0) is 4.79 Å². The molecule has 0 unspecified atom stereocenters. The lowest BCUT2D eigenvalue weighted by Crippen LogP contribution is -2.37. The molecule has 0 bridgehead atoms. The fraction of sp³-hybridized carbons (Fsp3) is 0.120. The highest BCUT2D eigenvalue weighted by Crippen LogP contribution is 2.27. The molecule has 0 aliphatic carbocycles. The molecule has 1 aliphatic rings. The first-order chi connectivity index (χ1) is 16.2. The maximum atomic E-state index is 12.9. The van der Waals surface area contributed by atoms with Crippen molar-refractivity contribution in [3.63, 3.8) is 0 Å². The number of ketones is 1. The van der Waals surface area contributed by atoms with Crippen LogP contribution in [0.3, 0.4) is 0 Å². The number of hydrogen-bond acceptors (Lipinski definition) is 6. The molecular formula is C25H19N3O6. The number of nitrogens with one attached hydrogen (secondary N) is 1. The summed E-state index contributed by atoms with van der Waals surface area (Å²) in [5.41, 5.74) is 2.84. The number of anilines is 1. The molecule has 170 valence electrons. The molecule has 4 rings (SSSR count). The first-order valence-electron chi connectivity index (χ1n) is 10.3. The van der Waals surface area contributed by atoms with Crippen molar-refractivity contribution in [1.82, 2.24) is 4.90 Å². The summed E-state index contributed by atoms with van der Waals surface area (Å²) < 4.78 is 0. The third kappa shape index (κ3) is 4.18. The zero-order chi connectivity index (χ0) is 24.6. The van der Waals surface area contributed by atoms with Crippen LogP contribution < -0.4 is 5.32 Å². The number of non-ortho nitro benzene ring substituents is 1. The Bertz CT molecular complexity index is 1400. The van der Waals surface area contributed by atoms with Gasteiger partial charge in [0.25, 0.3) is 17.5 Å². The SMILES string of the molecule is Cc1ccc(C(=O)c2cccc(NC(=O)CN3C(=O)c4ccc([N+](=O)[O-])cc4C3=O)c2)cc1C. The van der Waals surface area contributed by atoms with Crippen LogP contribution in [0.4, 0.5) is 11.4 Å². The van der Waals surface area contributed by atoms with Gasteiger partial charge in [-0.3, -0.25) is 34.2 Å². The molecule has 9 heteroatoms. The molecule has 0 radical (unpaired) electrons. The normalized spacial score (nSPS) is 12.5. The summed E-state index contributed by atoms with van der Waals surface area (Å²) in [6, 6.07) is 15.1. The van der Waals surface area contributed by atoms with E-state index in [1.165, 1.54) is 12.1 Å². The van der Waals surface area contributed by atoms with Crippen LogP contribution in [0.2, 0.25) is 0 Å². The van der Waals surface area contributed by atoms with Crippen LogP contribution >= 0.6 is 0 Å². The highest BCUT2D eigenvalue weighted by molar-refractivity contribution is 6.23. The van der Waals surface area contributed by atoms with E-state index >= 15 is 0 Å². The van der Waals surface area contributed by atoms with Crippen LogP contribution in [0, 0.1) is 24.0 Å². The zero-order valence-electron chi connectivity index (χ0n) is 18.3. The van der Waals surface area contributed by atoms with Gasteiger partial charge in [-0.05, 0) is 49.2 Å². The van der Waals surface area contributed by atoms with E-state index < -0.39 is 29.2 Å². The first kappa shape index (κ1) is 22.5. The lowest BCUT2D eigenvalue weighted by molar-refractivity contribution is -0.384. The Labute approximate surface area is 194 Å². The quantitative estimate of drug-likeness (QED) is 0.260. The minimum Gasteiger partial charge on any atom is -0.325 e. The summed E-state index contributed by atoms with van der Waals surface area (Å²) in [7, 11) is 0. The average Bonchev–Trinajstić information content (AvgIpc) is 3.04. The number of nitro benzene ring substituents is 1. The molecule has 1 N–H and O–H groups in total. The number of hydrogen-bond donors (Lipinski definition) is 1. The second kappa shape index (κ2) is 8.70. The Kier molecular flexibility index (Phi) is 5.77. The van der Waals surface area contributed by atoms with Crippen molar-refractivity contribution < 1.29 is 24.1 Å². The minimum atomic E-state index is -0.780. The number of fused-ring (bicyclic) bond motifs is 1. The number of benzene rings is 3. The average molecular weight is 457 g/mol. The van der Waals surface area contributed by atoms with E-state index in [0.717, 1.165) is 28.2 Å². The highest BCUT2D eigenvalue weighted by Gasteiger charge is 2.37. The van der Waals surface area contributed by atoms with Crippen molar-refractivity contribution in [2.75, 3.05) is 11.9 Å². The number of imide groups is 1. The van der Waals surface area contributed by atoms with Gasteiger partial charge in [0, 0.05) is 28.9 Å². The molecule has 0 aromatic heterocycles. The van der Waals surface area contributed by atoms with E-state index in [1.54, 1.807) is 30.3 Å². The van der Waals surface area contributed by atoms with Crippen LogP contribution in [0.1, 0.15) is 47.8 Å². The predicted molar refractivity (Wildman–Crippen MR) is 123 cm³/mol. The monoisotopic (exact) mass is 457 g/mol. The predicted octanol–water partition coefficient (Wildman–Crippen LogP) is 3.68. The van der Waals surface area contributed by atoms with Gasteiger partial charge in [0.15, 0.2) is 5.78 Å². The third-order valence-electron chi connectivity index (χ3n) is 5.64. The van der Waals surface area contributed by atoms with E-state index in [2.05, 4.69) is 5.32 Å². The molecule has 0 spiro atoms. The molecular weight excluding hydrogens is 438 g/mol. The van der Waals surface area contributed by atoms with Crippen LogP contribution in [0.5, 0.6) is 0 Å². The second-order valence-corrected chi connectivity index (χ2v) is 7.94. The van der Waals surface area contributed by atoms with Gasteiger partial charge in [0.2, 0.25) is 5.91 Å². The maximum absolute atomic E-state index is 12.9. The van der Waals surface area contributed by atoms with Crippen molar-refractivity contribution in [1.29, 1.82) is 0 Å². The summed E-state index contributed by atoms with van der Waals surface area (Å²) in [4.78, 5) is 61.6. The van der Waals surface area contributed by atoms with Crippen LogP contribution in [0.15, 0.2) is 60.7 Å². The number of nitro groups is 1. The van der Waals surface area contributed by atoms with Crippen LogP contribution in [0.25, 0.3) is 0 Å². The molecule has 1 aliphatic heterocycles. The molecule has 3 amide bonds. The molecule has 0 atom stereocenters. The molecule has 0 fully saturated rings. The minimum absolute atomic E-state index is 0.00406. The largest absolute Gasteiger partial charge is 0.325 e. The van der Waals surface area contributed by atoms with Crippen molar-refractivity contribution in [2.24, 2.45) is 0 Å². The Morgan fingerprint density at radius 2 is 1.59 bits per heavy atom. The van der Waals surface area contributed by atoms with Gasteiger partial charge in [-0.15, -0.1) is 0 Å². The topological polar surface area (TPSA) is 127 Å². The number of nitrogens with zero attached hydrogens (tertiary/aromatic N) is 2. The summed E-state index contributed by atoms with van der Waals surface area (Å²) in [5, 5.41) is 13.5. The molecule has 0 saturated carbocycles. The number of carbonyl (C=O) groups excluding carboxylic acids is 4. The number of carbonyl (C=O) groups is 4. The van der Waals surface area contributed by atoms with E-state index in [1.807, 2.05) is 19.9 Å². The molecule has 0 saturated heterocycles. The molecule has 3 aromatic rings. The fourth-order valence-electron chi connectivity index (χ4n) is 3.67. The van der Waals surface area contributed by atoms with Gasteiger partial charge in [-0.1, -0.05) is 24.3 Å². The first-order valence-corrected chi connectivity index (χ1v) is 10.3. The smallest absolute Gasteiger partial charge is 0.270 e. The Balaban J connectivity index is 1.48. The maximum Gasteiger partial charge on any atom is 0.270 e. The van der Waals surface area contributed by atoms with Gasteiger partial charge in [-0.2, -0.15) is 0 Å². The molecule has 1 heterocycles. The lowest BCUT2D eigenvalue weighted by atomic mass is 9.99. The zero-order valence-corrected chi connectivity index (χ0v) is 18.3. The van der Waals surface area contributed by atoms with E-state index in [9.17, 15) is 29.3 Å². The van der Waals surface area contributed by atoms with Crippen molar-refractivity contribution in [3.05, 3.63) is 104 Å². The molecule has 9 nitrogen and oxygen atoms in total. The Morgan fingerprint density at radius 1 is 0.882 bits per heavy atom. The molecule has 34 heavy (non-hydrogen) atoms. The Hall–Kier alpha value is -4.66. The van der Waals surface area contributed by atoms with Gasteiger partial charge in [0.1, 0.15) is 6.54 Å². The van der Waals surface area contributed by atoms with Gasteiger partial charge in [0.05, 0.1) is 16.1 Å². The van der Waals surface area contributed by atoms with Crippen molar-refractivity contribution in [2.45, 2.75) is 13.8 Å². The number of rotatable bonds is 6. The fourth-order valence-corrected chi connectivity index (χ4v) is 3.67. The van der Waals surface area contributed by atoms with Crippen LogP contribution in [-0.4, -0.2) is 39.9 Å². The van der Waals surface area contributed by atoms with E-state index in [-0.39, 0.29) is 22.6 Å². The Morgan fingerprint density at radius 3 is 2.29 bits per heavy atom. The van der Waals surface area contributed by atoms with Gasteiger partial charge >= 0.3 is 0 Å². The van der Waals surface area contributed by atoms with Crippen molar-refractivity contribution >= 4 is 34.9 Å². The van der Waals surface area contributed by atoms with Gasteiger partial charge < -0.3 is 5.32 Å². The molecule has 3 aromatic carbocycles. The van der Waals surface area contributed by atoms with E-state index in [4.69, 9.17) is 0 Å².